The Labute approximate surface area is 70.0 Å². The van der Waals surface area contributed by atoms with Crippen molar-refractivity contribution < 1.29 is 0 Å². The van der Waals surface area contributed by atoms with Gasteiger partial charge >= 0.3 is 0 Å². The van der Waals surface area contributed by atoms with Crippen LogP contribution in [0.3, 0.4) is 0 Å². The van der Waals surface area contributed by atoms with E-state index in [1.807, 2.05) is 0 Å². The normalized spacial score (nSPS) is 34.6. The van der Waals surface area contributed by atoms with Gasteiger partial charge in [0, 0.05) is 0 Å². The van der Waals surface area contributed by atoms with Crippen LogP contribution < -0.4 is 0 Å². The first kappa shape index (κ1) is 7.35. The minimum Gasteiger partial charge on any atom is -0.0816 e. The molecule has 2 aliphatic carbocycles. The Balaban J connectivity index is 2.26. The standard InChI is InChI=1S/C10H16Si/c1-11(2,3)10-7-8-4-5-9(10)6-8/h4-5,7-9H,6H2,1-3H3/t8-,9+/m0/s1. The van der Waals surface area contributed by atoms with Crippen LogP contribution in [0.4, 0.5) is 0 Å². The Morgan fingerprint density at radius 1 is 1.27 bits per heavy atom. The lowest BCUT2D eigenvalue weighted by Crippen LogP contribution is -2.26. The Kier molecular flexibility index (Phi) is 1.40. The van der Waals surface area contributed by atoms with Crippen LogP contribution in [0, 0.1) is 11.8 Å². The molecule has 1 heteroatoms. The first-order valence-corrected chi connectivity index (χ1v) is 7.98. The number of allylic oxidation sites excluding steroid dienone is 4. The number of rotatable bonds is 1. The van der Waals surface area contributed by atoms with Crippen molar-refractivity contribution in [2.24, 2.45) is 11.8 Å². The zero-order valence-electron chi connectivity index (χ0n) is 7.59. The summed E-state index contributed by atoms with van der Waals surface area (Å²) in [6.45, 7) is 7.36. The molecule has 0 aromatic rings. The van der Waals surface area contributed by atoms with E-state index in [2.05, 4.69) is 37.9 Å². The fourth-order valence-corrected chi connectivity index (χ4v) is 4.28. The molecule has 0 aromatic heterocycles. The second kappa shape index (κ2) is 2.10. The van der Waals surface area contributed by atoms with Crippen molar-refractivity contribution in [1.29, 1.82) is 0 Å². The van der Waals surface area contributed by atoms with E-state index >= 15 is 0 Å². The van der Waals surface area contributed by atoms with Gasteiger partial charge < -0.3 is 0 Å². The molecule has 0 amide bonds. The van der Waals surface area contributed by atoms with E-state index in [0.29, 0.717) is 0 Å². The lowest BCUT2D eigenvalue weighted by atomic mass is 10.2. The van der Waals surface area contributed by atoms with Crippen molar-refractivity contribution in [3.8, 4) is 0 Å². The van der Waals surface area contributed by atoms with Gasteiger partial charge in [0.2, 0.25) is 0 Å². The van der Waals surface area contributed by atoms with Crippen LogP contribution in [0.1, 0.15) is 6.42 Å². The second-order valence-corrected chi connectivity index (χ2v) is 9.84. The molecule has 2 rings (SSSR count). The Bertz CT molecular complexity index is 230. The van der Waals surface area contributed by atoms with Gasteiger partial charge in [0.15, 0.2) is 0 Å². The van der Waals surface area contributed by atoms with Crippen molar-refractivity contribution in [2.45, 2.75) is 26.1 Å². The highest BCUT2D eigenvalue weighted by Crippen LogP contribution is 2.42. The molecule has 2 atom stereocenters. The van der Waals surface area contributed by atoms with E-state index in [0.717, 1.165) is 11.8 Å². The highest BCUT2D eigenvalue weighted by atomic mass is 28.3. The van der Waals surface area contributed by atoms with Gasteiger partial charge in [-0.2, -0.15) is 0 Å². The van der Waals surface area contributed by atoms with Crippen LogP contribution in [0.5, 0.6) is 0 Å². The number of fused-ring (bicyclic) bond motifs is 2. The second-order valence-electron chi connectivity index (χ2n) is 4.76. The Hall–Kier alpha value is -0.303. The minimum absolute atomic E-state index is 0.807. The molecule has 2 bridgehead atoms. The fourth-order valence-electron chi connectivity index (χ4n) is 2.24. The van der Waals surface area contributed by atoms with Gasteiger partial charge in [0.1, 0.15) is 0 Å². The molecule has 0 spiro atoms. The van der Waals surface area contributed by atoms with Crippen molar-refractivity contribution in [2.75, 3.05) is 0 Å². The average molecular weight is 164 g/mol. The molecular formula is C10H16Si. The molecule has 60 valence electrons. The first-order valence-electron chi connectivity index (χ1n) is 4.48. The minimum atomic E-state index is -0.968. The summed E-state index contributed by atoms with van der Waals surface area (Å²) in [5.74, 6) is 1.65. The summed E-state index contributed by atoms with van der Waals surface area (Å²) in [5.41, 5.74) is 0. The molecule has 0 aliphatic heterocycles. The van der Waals surface area contributed by atoms with E-state index in [1.54, 1.807) is 5.20 Å². The predicted octanol–water partition coefficient (Wildman–Crippen LogP) is 3.00. The molecule has 0 saturated carbocycles. The zero-order valence-corrected chi connectivity index (χ0v) is 8.59. The van der Waals surface area contributed by atoms with Gasteiger partial charge in [-0.1, -0.05) is 43.1 Å². The van der Waals surface area contributed by atoms with Crippen molar-refractivity contribution in [1.82, 2.24) is 0 Å². The number of hydrogen-bond donors (Lipinski definition) is 0. The van der Waals surface area contributed by atoms with Crippen LogP contribution in [-0.2, 0) is 0 Å². The molecule has 0 fully saturated rings. The van der Waals surface area contributed by atoms with E-state index in [1.165, 1.54) is 6.42 Å². The smallest absolute Gasteiger partial charge is 0.0728 e. The topological polar surface area (TPSA) is 0 Å². The highest BCUT2D eigenvalue weighted by Gasteiger charge is 2.34. The van der Waals surface area contributed by atoms with Gasteiger partial charge in [-0.15, -0.1) is 0 Å². The molecule has 11 heavy (non-hydrogen) atoms. The third-order valence-electron chi connectivity index (χ3n) is 2.78. The fraction of sp³-hybridized carbons (Fsp3) is 0.600. The average Bonchev–Trinajstić information content (AvgIpc) is 2.42. The largest absolute Gasteiger partial charge is 0.0816 e. The first-order chi connectivity index (χ1) is 5.07. The monoisotopic (exact) mass is 164 g/mol. The van der Waals surface area contributed by atoms with Gasteiger partial charge in [0.25, 0.3) is 0 Å². The molecule has 0 radical (unpaired) electrons. The molecule has 0 N–H and O–H groups in total. The molecule has 0 aromatic carbocycles. The number of hydrogen-bond acceptors (Lipinski definition) is 0. The summed E-state index contributed by atoms with van der Waals surface area (Å²) >= 11 is 0. The summed E-state index contributed by atoms with van der Waals surface area (Å²) in [6, 6.07) is 0. The van der Waals surface area contributed by atoms with Crippen LogP contribution in [-0.4, -0.2) is 8.07 Å². The molecule has 0 unspecified atom stereocenters. The lowest BCUT2D eigenvalue weighted by Gasteiger charge is -2.23. The van der Waals surface area contributed by atoms with Crippen molar-refractivity contribution >= 4 is 8.07 Å². The summed E-state index contributed by atoms with van der Waals surface area (Å²) in [4.78, 5) is 0. The van der Waals surface area contributed by atoms with Gasteiger partial charge in [-0.3, -0.25) is 0 Å². The molecule has 0 nitrogen and oxygen atoms in total. The quantitative estimate of drug-likeness (QED) is 0.413. The maximum Gasteiger partial charge on any atom is 0.0728 e. The SMILES string of the molecule is C[Si](C)(C)C1=C[C@H]2C=C[C@@H]1C2. The van der Waals surface area contributed by atoms with Crippen LogP contribution >= 0.6 is 0 Å². The van der Waals surface area contributed by atoms with E-state index in [-0.39, 0.29) is 0 Å². The summed E-state index contributed by atoms with van der Waals surface area (Å²) in [7, 11) is -0.968. The third kappa shape index (κ3) is 1.12. The van der Waals surface area contributed by atoms with Gasteiger partial charge in [-0.05, 0) is 18.3 Å². The Morgan fingerprint density at radius 3 is 2.27 bits per heavy atom. The molecule has 0 heterocycles. The summed E-state index contributed by atoms with van der Waals surface area (Å²) in [6.07, 6.45) is 8.70. The maximum absolute atomic E-state index is 2.52. The van der Waals surface area contributed by atoms with E-state index in [4.69, 9.17) is 0 Å². The third-order valence-corrected chi connectivity index (χ3v) is 5.05. The molecular weight excluding hydrogens is 148 g/mol. The Morgan fingerprint density at radius 2 is 2.00 bits per heavy atom. The van der Waals surface area contributed by atoms with E-state index < -0.39 is 8.07 Å². The zero-order chi connectivity index (χ0) is 8.06. The highest BCUT2D eigenvalue weighted by molar-refractivity contribution is 6.83. The van der Waals surface area contributed by atoms with Crippen LogP contribution in [0.15, 0.2) is 23.4 Å². The molecule has 2 aliphatic rings. The summed E-state index contributed by atoms with van der Waals surface area (Å²) < 4.78 is 0. The van der Waals surface area contributed by atoms with Crippen LogP contribution in [0.25, 0.3) is 0 Å². The van der Waals surface area contributed by atoms with Gasteiger partial charge in [-0.25, -0.2) is 0 Å². The lowest BCUT2D eigenvalue weighted by molar-refractivity contribution is 0.724. The molecule has 0 saturated heterocycles. The maximum atomic E-state index is 2.52. The van der Waals surface area contributed by atoms with Crippen LogP contribution in [0.2, 0.25) is 19.6 Å². The van der Waals surface area contributed by atoms with Gasteiger partial charge in [0.05, 0.1) is 8.07 Å². The van der Waals surface area contributed by atoms with Crippen molar-refractivity contribution in [3.05, 3.63) is 23.4 Å². The van der Waals surface area contributed by atoms with Crippen molar-refractivity contribution in [3.63, 3.8) is 0 Å². The summed E-state index contributed by atoms with van der Waals surface area (Å²) in [5, 5.41) is 1.80. The van der Waals surface area contributed by atoms with E-state index in [9.17, 15) is 0 Å². The predicted molar refractivity (Wildman–Crippen MR) is 52.2 cm³/mol.